The molecule has 0 unspecified atom stereocenters. The topological polar surface area (TPSA) is 22.8 Å². The van der Waals surface area contributed by atoms with Gasteiger partial charge in [0.2, 0.25) is 0 Å². The predicted molar refractivity (Wildman–Crippen MR) is 311 cm³/mol. The molecule has 346 valence electrons. The van der Waals surface area contributed by atoms with Gasteiger partial charge in [0, 0.05) is 27.6 Å². The van der Waals surface area contributed by atoms with Gasteiger partial charge in [0.25, 0.3) is 0 Å². The quantitative estimate of drug-likeness (QED) is 0.141. The van der Waals surface area contributed by atoms with E-state index in [4.69, 9.17) is 5.10 Å². The van der Waals surface area contributed by atoms with Crippen molar-refractivity contribution < 1.29 is 0 Å². The van der Waals surface area contributed by atoms with Gasteiger partial charge in [-0.1, -0.05) is 243 Å². The molecular weight excluding hydrogens is 895 g/mol. The zero-order chi connectivity index (χ0) is 49.0. The summed E-state index contributed by atoms with van der Waals surface area (Å²) in [5.74, 6) is 0. The molecule has 0 amide bonds. The monoisotopic (exact) mass is 941 g/mol. The molecule has 0 N–H and O–H groups in total. The van der Waals surface area contributed by atoms with E-state index in [0.717, 1.165) is 39.5 Å². The standard InChI is InChI=1S/C71H47N3/c1-3-19-58-48(15-1)17-13-27-60(58)50-31-35-54(36-32-50)68-47-71(55-37-33-51(34-38-55)61-28-14-18-49-16-2-4-20-59(49)61)74(72-68)57-45-41-53(42-46-57)63-22-6-8-24-65(63)64-23-7-5-21-62(64)52-39-43-56(44-40-52)73-69-29-11-9-25-66(69)67-26-10-12-30-70(67)73/h1-47H. The molecule has 0 saturated carbocycles. The minimum absolute atomic E-state index is 0.914. The van der Waals surface area contributed by atoms with Crippen molar-refractivity contribution >= 4 is 43.4 Å². The first kappa shape index (κ1) is 43.0. The van der Waals surface area contributed by atoms with E-state index in [0.29, 0.717) is 0 Å². The van der Waals surface area contributed by atoms with Crippen molar-refractivity contribution in [3.8, 4) is 89.5 Å². The molecule has 0 aliphatic heterocycles. The highest BCUT2D eigenvalue weighted by Crippen LogP contribution is 2.41. The fourth-order valence-corrected chi connectivity index (χ4v) is 11.2. The summed E-state index contributed by atoms with van der Waals surface area (Å²) in [6, 6.07) is 103. The maximum Gasteiger partial charge on any atom is 0.0934 e. The highest BCUT2D eigenvalue weighted by Gasteiger charge is 2.18. The molecule has 0 aliphatic rings. The van der Waals surface area contributed by atoms with E-state index in [-0.39, 0.29) is 0 Å². The van der Waals surface area contributed by atoms with Crippen molar-refractivity contribution in [2.75, 3.05) is 0 Å². The normalized spacial score (nSPS) is 11.5. The Hall–Kier alpha value is -9.83. The molecule has 0 saturated heterocycles. The number of rotatable bonds is 9. The van der Waals surface area contributed by atoms with Crippen molar-refractivity contribution in [1.82, 2.24) is 14.3 Å². The number of hydrogen-bond donors (Lipinski definition) is 0. The van der Waals surface area contributed by atoms with Crippen molar-refractivity contribution in [3.05, 3.63) is 285 Å². The van der Waals surface area contributed by atoms with E-state index in [1.165, 1.54) is 93.4 Å². The predicted octanol–water partition coefficient (Wildman–Crippen LogP) is 18.9. The molecule has 2 aromatic heterocycles. The zero-order valence-electron chi connectivity index (χ0n) is 40.5. The lowest BCUT2D eigenvalue weighted by Crippen LogP contribution is -1.99. The van der Waals surface area contributed by atoms with Crippen LogP contribution in [0.1, 0.15) is 0 Å². The van der Waals surface area contributed by atoms with E-state index >= 15 is 0 Å². The van der Waals surface area contributed by atoms with Crippen LogP contribution >= 0.6 is 0 Å². The van der Waals surface area contributed by atoms with Gasteiger partial charge in [0.1, 0.15) is 0 Å². The molecule has 2 heterocycles. The Morgan fingerprint density at radius 1 is 0.243 bits per heavy atom. The van der Waals surface area contributed by atoms with Crippen LogP contribution in [0.15, 0.2) is 285 Å². The van der Waals surface area contributed by atoms with Crippen molar-refractivity contribution in [3.63, 3.8) is 0 Å². The summed E-state index contributed by atoms with van der Waals surface area (Å²) in [6.07, 6.45) is 0. The molecule has 0 bridgehead atoms. The third-order valence-electron chi connectivity index (χ3n) is 14.9. The van der Waals surface area contributed by atoms with Crippen LogP contribution in [-0.2, 0) is 0 Å². The number of benzene rings is 12. The van der Waals surface area contributed by atoms with Gasteiger partial charge >= 0.3 is 0 Å². The molecule has 12 aromatic carbocycles. The Kier molecular flexibility index (Phi) is 10.5. The Morgan fingerprint density at radius 3 is 1.11 bits per heavy atom. The van der Waals surface area contributed by atoms with E-state index in [1.54, 1.807) is 0 Å². The molecule has 0 fully saturated rings. The summed E-state index contributed by atoms with van der Waals surface area (Å²) in [5.41, 5.74) is 20.5. The Morgan fingerprint density at radius 2 is 0.595 bits per heavy atom. The second-order valence-electron chi connectivity index (χ2n) is 19.1. The van der Waals surface area contributed by atoms with Gasteiger partial charge in [-0.3, -0.25) is 0 Å². The van der Waals surface area contributed by atoms with Crippen LogP contribution in [-0.4, -0.2) is 14.3 Å². The van der Waals surface area contributed by atoms with Crippen LogP contribution in [0.2, 0.25) is 0 Å². The first-order chi connectivity index (χ1) is 36.7. The number of aromatic nitrogens is 3. The lowest BCUT2D eigenvalue weighted by molar-refractivity contribution is 0.892. The highest BCUT2D eigenvalue weighted by atomic mass is 15.3. The second-order valence-corrected chi connectivity index (χ2v) is 19.1. The van der Waals surface area contributed by atoms with Crippen LogP contribution < -0.4 is 0 Å². The van der Waals surface area contributed by atoms with Gasteiger partial charge in [0.15, 0.2) is 0 Å². The first-order valence-corrected chi connectivity index (χ1v) is 25.4. The lowest BCUT2D eigenvalue weighted by Gasteiger charge is -2.16. The van der Waals surface area contributed by atoms with Crippen LogP contribution in [0.3, 0.4) is 0 Å². The molecule has 14 aromatic rings. The van der Waals surface area contributed by atoms with E-state index < -0.39 is 0 Å². The van der Waals surface area contributed by atoms with Crippen molar-refractivity contribution in [1.29, 1.82) is 0 Å². The largest absolute Gasteiger partial charge is 0.309 e. The summed E-state index contributed by atoms with van der Waals surface area (Å²) in [7, 11) is 0. The minimum atomic E-state index is 0.914. The average molecular weight is 942 g/mol. The van der Waals surface area contributed by atoms with Gasteiger partial charge in [-0.25, -0.2) is 4.68 Å². The summed E-state index contributed by atoms with van der Waals surface area (Å²) < 4.78 is 4.48. The fourth-order valence-electron chi connectivity index (χ4n) is 11.2. The van der Waals surface area contributed by atoms with Gasteiger partial charge in [-0.15, -0.1) is 0 Å². The minimum Gasteiger partial charge on any atom is -0.309 e. The highest BCUT2D eigenvalue weighted by molar-refractivity contribution is 6.09. The number of para-hydroxylation sites is 2. The van der Waals surface area contributed by atoms with Gasteiger partial charge in [-0.05, 0) is 120 Å². The van der Waals surface area contributed by atoms with E-state index in [1.807, 2.05) is 0 Å². The van der Waals surface area contributed by atoms with Crippen LogP contribution in [0, 0.1) is 0 Å². The third-order valence-corrected chi connectivity index (χ3v) is 14.9. The summed E-state index contributed by atoms with van der Waals surface area (Å²) in [4.78, 5) is 0. The average Bonchev–Trinajstić information content (AvgIpc) is 4.08. The van der Waals surface area contributed by atoms with E-state index in [9.17, 15) is 0 Å². The third kappa shape index (κ3) is 7.50. The van der Waals surface area contributed by atoms with Crippen LogP contribution in [0.4, 0.5) is 0 Å². The van der Waals surface area contributed by atoms with Crippen molar-refractivity contribution in [2.24, 2.45) is 0 Å². The molecule has 74 heavy (non-hydrogen) atoms. The Bertz CT molecular complexity index is 4320. The maximum atomic E-state index is 5.38. The summed E-state index contributed by atoms with van der Waals surface area (Å²) in [5, 5.41) is 12.9. The number of hydrogen-bond acceptors (Lipinski definition) is 1. The molecule has 3 nitrogen and oxygen atoms in total. The number of fused-ring (bicyclic) bond motifs is 5. The smallest absolute Gasteiger partial charge is 0.0934 e. The molecule has 0 aliphatic carbocycles. The van der Waals surface area contributed by atoms with Gasteiger partial charge in [-0.2, -0.15) is 5.10 Å². The first-order valence-electron chi connectivity index (χ1n) is 25.4. The Balaban J connectivity index is 0.818. The summed E-state index contributed by atoms with van der Waals surface area (Å²) >= 11 is 0. The maximum absolute atomic E-state index is 5.38. The van der Waals surface area contributed by atoms with Crippen LogP contribution in [0.5, 0.6) is 0 Å². The Labute approximate surface area is 430 Å². The van der Waals surface area contributed by atoms with E-state index in [2.05, 4.69) is 294 Å². The molecular formula is C71H47N3. The van der Waals surface area contributed by atoms with Crippen molar-refractivity contribution in [2.45, 2.75) is 0 Å². The molecule has 0 spiro atoms. The van der Waals surface area contributed by atoms with Crippen LogP contribution in [0.25, 0.3) is 133 Å². The molecule has 14 rings (SSSR count). The lowest BCUT2D eigenvalue weighted by atomic mass is 9.89. The SMILES string of the molecule is c1ccc(-c2ccccc2-c2ccc(-n3c4ccccc4c4ccccc43)cc2)c(-c2ccc(-n3nc(-c4ccc(-c5cccc6ccccc56)cc4)cc3-c3ccc(-c4cccc5ccccc45)cc3)cc2)c1. The number of nitrogens with zero attached hydrogens (tertiary/aromatic N) is 3. The van der Waals surface area contributed by atoms with Gasteiger partial charge < -0.3 is 4.57 Å². The zero-order valence-corrected chi connectivity index (χ0v) is 40.5. The second kappa shape index (κ2) is 18.1. The molecule has 0 radical (unpaired) electrons. The molecule has 0 atom stereocenters. The summed E-state index contributed by atoms with van der Waals surface area (Å²) in [6.45, 7) is 0. The van der Waals surface area contributed by atoms with Gasteiger partial charge in [0.05, 0.1) is 28.1 Å². The fraction of sp³-hybridized carbons (Fsp3) is 0. The molecule has 3 heteroatoms.